The van der Waals surface area contributed by atoms with Gasteiger partial charge in [-0.25, -0.2) is 0 Å². The number of aryl methyl sites for hydroxylation is 1. The maximum Gasteiger partial charge on any atom is -0.00213 e. The Kier molecular flexibility index (Phi) is 16.9. The van der Waals surface area contributed by atoms with Crippen LogP contribution in [0.1, 0.15) is 37.8 Å². The first-order valence-corrected chi connectivity index (χ1v) is 7.60. The van der Waals surface area contributed by atoms with Crippen LogP contribution in [0.15, 0.2) is 30.8 Å². The summed E-state index contributed by atoms with van der Waals surface area (Å²) in [4.78, 5) is 2.36. The summed E-state index contributed by atoms with van der Waals surface area (Å²) in [7, 11) is 5.92. The zero-order valence-electron chi connectivity index (χ0n) is 14.4. The summed E-state index contributed by atoms with van der Waals surface area (Å²) in [5, 5.41) is 2.75. The highest BCUT2D eigenvalue weighted by atomic mass is 15.1. The van der Waals surface area contributed by atoms with Gasteiger partial charge in [0, 0.05) is 0 Å². The van der Waals surface area contributed by atoms with Crippen molar-refractivity contribution in [3.8, 4) is 0 Å². The van der Waals surface area contributed by atoms with Crippen LogP contribution in [-0.2, 0) is 0 Å². The van der Waals surface area contributed by atoms with Crippen molar-refractivity contribution in [2.75, 3.05) is 34.2 Å². The van der Waals surface area contributed by atoms with Crippen LogP contribution in [-0.4, -0.2) is 39.1 Å². The van der Waals surface area contributed by atoms with Crippen molar-refractivity contribution in [2.24, 2.45) is 0 Å². The van der Waals surface area contributed by atoms with Crippen LogP contribution in [0.5, 0.6) is 0 Å². The average molecular weight is 278 g/mol. The molecule has 1 N–H and O–H groups in total. The fraction of sp³-hybridized carbons (Fsp3) is 0.556. The molecule has 2 heteroatoms. The van der Waals surface area contributed by atoms with Crippen LogP contribution < -0.4 is 5.32 Å². The molecule has 1 aliphatic heterocycles. The highest BCUT2D eigenvalue weighted by Crippen LogP contribution is 2.03. The molecule has 0 aromatic heterocycles. The topological polar surface area (TPSA) is 15.3 Å². The molecule has 0 spiro atoms. The summed E-state index contributed by atoms with van der Waals surface area (Å²) in [6.07, 6.45) is 4.67. The summed E-state index contributed by atoms with van der Waals surface area (Å²) >= 11 is 0. The standard InChI is InChI=1S/C9H10.C5H11N.C2H7N.C2H6/c1-3-9-6-4-8(2)5-7-9;1-6-4-2-3-5-6;1-3-2;1-2/h3-7H,1H2,2H3;2-5H2,1H3;3H,1-2H3;1-2H3. The lowest BCUT2D eigenvalue weighted by molar-refractivity contribution is 0.418. The number of benzene rings is 1. The molecule has 116 valence electrons. The number of likely N-dealkylation sites (tertiary alicyclic amines) is 1. The molecular weight excluding hydrogens is 244 g/mol. The summed E-state index contributed by atoms with van der Waals surface area (Å²) in [5.74, 6) is 0. The van der Waals surface area contributed by atoms with E-state index in [9.17, 15) is 0 Å². The molecule has 0 saturated carbocycles. The lowest BCUT2D eigenvalue weighted by Crippen LogP contribution is -2.10. The van der Waals surface area contributed by atoms with Gasteiger partial charge in [-0.05, 0) is 59.6 Å². The molecule has 20 heavy (non-hydrogen) atoms. The lowest BCUT2D eigenvalue weighted by Gasteiger charge is -2.01. The van der Waals surface area contributed by atoms with Gasteiger partial charge in [0.1, 0.15) is 0 Å². The number of rotatable bonds is 1. The van der Waals surface area contributed by atoms with E-state index >= 15 is 0 Å². The van der Waals surface area contributed by atoms with Crippen molar-refractivity contribution < 1.29 is 0 Å². The van der Waals surface area contributed by atoms with E-state index in [1.54, 1.807) is 0 Å². The molecule has 1 aromatic rings. The van der Waals surface area contributed by atoms with Crippen molar-refractivity contribution >= 4 is 6.08 Å². The van der Waals surface area contributed by atoms with Gasteiger partial charge < -0.3 is 10.2 Å². The normalized spacial score (nSPS) is 12.9. The first-order valence-electron chi connectivity index (χ1n) is 7.60. The molecule has 0 amide bonds. The van der Waals surface area contributed by atoms with Gasteiger partial charge in [-0.3, -0.25) is 0 Å². The zero-order valence-corrected chi connectivity index (χ0v) is 14.4. The van der Waals surface area contributed by atoms with E-state index in [0.29, 0.717) is 0 Å². The van der Waals surface area contributed by atoms with Gasteiger partial charge in [0.05, 0.1) is 0 Å². The Bertz CT molecular complexity index is 298. The molecule has 1 aromatic carbocycles. The summed E-state index contributed by atoms with van der Waals surface area (Å²) in [6.45, 7) is 12.4. The van der Waals surface area contributed by atoms with Crippen LogP contribution in [0.3, 0.4) is 0 Å². The minimum absolute atomic E-state index is 1.18. The van der Waals surface area contributed by atoms with Crippen LogP contribution in [0, 0.1) is 6.92 Å². The third-order valence-corrected chi connectivity index (χ3v) is 2.64. The third kappa shape index (κ3) is 13.3. The van der Waals surface area contributed by atoms with Crippen molar-refractivity contribution in [2.45, 2.75) is 33.6 Å². The fourth-order valence-electron chi connectivity index (χ4n) is 1.58. The minimum atomic E-state index is 1.18. The van der Waals surface area contributed by atoms with Gasteiger partial charge in [0.15, 0.2) is 0 Å². The Morgan fingerprint density at radius 3 is 1.70 bits per heavy atom. The minimum Gasteiger partial charge on any atom is -0.323 e. The SMILES string of the molecule is C=Cc1ccc(C)cc1.CC.CN1CCCC1.CNC. The second-order valence-electron chi connectivity index (χ2n) is 4.63. The molecule has 1 aliphatic rings. The molecule has 0 radical (unpaired) electrons. The van der Waals surface area contributed by atoms with Gasteiger partial charge in [0.25, 0.3) is 0 Å². The second-order valence-corrected chi connectivity index (χ2v) is 4.63. The zero-order chi connectivity index (χ0) is 15.8. The number of nitrogens with one attached hydrogen (secondary N) is 1. The predicted molar refractivity (Wildman–Crippen MR) is 94.3 cm³/mol. The Morgan fingerprint density at radius 1 is 1.05 bits per heavy atom. The van der Waals surface area contributed by atoms with Gasteiger partial charge in [-0.2, -0.15) is 0 Å². The van der Waals surface area contributed by atoms with E-state index in [1.165, 1.54) is 37.1 Å². The molecule has 0 atom stereocenters. The van der Waals surface area contributed by atoms with Crippen LogP contribution in [0.25, 0.3) is 6.08 Å². The third-order valence-electron chi connectivity index (χ3n) is 2.64. The fourth-order valence-corrected chi connectivity index (χ4v) is 1.58. The maximum absolute atomic E-state index is 3.66. The monoisotopic (exact) mass is 278 g/mol. The molecule has 2 nitrogen and oxygen atoms in total. The predicted octanol–water partition coefficient (Wildman–Crippen LogP) is 4.21. The lowest BCUT2D eigenvalue weighted by atomic mass is 10.2. The highest BCUT2D eigenvalue weighted by Gasteiger charge is 2.03. The Labute approximate surface area is 126 Å². The average Bonchev–Trinajstić information content (AvgIpc) is 2.95. The molecule has 0 aliphatic carbocycles. The van der Waals surface area contributed by atoms with E-state index in [-0.39, 0.29) is 0 Å². The number of hydrogen-bond acceptors (Lipinski definition) is 2. The van der Waals surface area contributed by atoms with Crippen molar-refractivity contribution in [1.29, 1.82) is 0 Å². The maximum atomic E-state index is 3.66. The van der Waals surface area contributed by atoms with Gasteiger partial charge in [0.2, 0.25) is 0 Å². The van der Waals surface area contributed by atoms with Crippen molar-refractivity contribution in [3.63, 3.8) is 0 Å². The van der Waals surface area contributed by atoms with Crippen LogP contribution >= 0.6 is 0 Å². The van der Waals surface area contributed by atoms with Gasteiger partial charge >= 0.3 is 0 Å². The number of nitrogens with zero attached hydrogens (tertiary/aromatic N) is 1. The Morgan fingerprint density at radius 2 is 1.45 bits per heavy atom. The molecule has 1 fully saturated rings. The van der Waals surface area contributed by atoms with Gasteiger partial charge in [-0.1, -0.05) is 56.3 Å². The smallest absolute Gasteiger partial charge is 0.00213 e. The van der Waals surface area contributed by atoms with E-state index in [4.69, 9.17) is 0 Å². The van der Waals surface area contributed by atoms with Crippen LogP contribution in [0.2, 0.25) is 0 Å². The van der Waals surface area contributed by atoms with E-state index < -0.39 is 0 Å². The molecule has 0 bridgehead atoms. The summed E-state index contributed by atoms with van der Waals surface area (Å²) < 4.78 is 0. The first kappa shape index (κ1) is 21.2. The molecule has 1 saturated heterocycles. The van der Waals surface area contributed by atoms with Crippen LogP contribution in [0.4, 0.5) is 0 Å². The molecule has 0 unspecified atom stereocenters. The number of hydrogen-bond donors (Lipinski definition) is 1. The summed E-state index contributed by atoms with van der Waals surface area (Å²) in [5.41, 5.74) is 2.47. The molecule has 1 heterocycles. The Hall–Kier alpha value is -1.12. The van der Waals surface area contributed by atoms with Gasteiger partial charge in [-0.15, -0.1) is 0 Å². The largest absolute Gasteiger partial charge is 0.323 e. The second kappa shape index (κ2) is 15.9. The van der Waals surface area contributed by atoms with Crippen molar-refractivity contribution in [1.82, 2.24) is 10.2 Å². The molecular formula is C18H34N2. The van der Waals surface area contributed by atoms with E-state index in [2.05, 4.69) is 55.0 Å². The van der Waals surface area contributed by atoms with Crippen molar-refractivity contribution in [3.05, 3.63) is 42.0 Å². The molecule has 2 rings (SSSR count). The first-order chi connectivity index (χ1) is 9.63. The Balaban J connectivity index is 0. The van der Waals surface area contributed by atoms with E-state index in [1.807, 2.05) is 34.0 Å². The summed E-state index contributed by atoms with van der Waals surface area (Å²) in [6, 6.07) is 8.28. The van der Waals surface area contributed by atoms with E-state index in [0.717, 1.165) is 0 Å². The highest BCUT2D eigenvalue weighted by molar-refractivity contribution is 5.46. The quantitative estimate of drug-likeness (QED) is 0.828.